The van der Waals surface area contributed by atoms with Gasteiger partial charge in [-0.2, -0.15) is 0 Å². The van der Waals surface area contributed by atoms with Gasteiger partial charge in [-0.25, -0.2) is 4.99 Å². The molecule has 0 unspecified atom stereocenters. The summed E-state index contributed by atoms with van der Waals surface area (Å²) in [6.45, 7) is 5.45. The van der Waals surface area contributed by atoms with Gasteiger partial charge in [0.2, 0.25) is 0 Å². The Bertz CT molecular complexity index is 164. The van der Waals surface area contributed by atoms with E-state index < -0.39 is 0 Å². The van der Waals surface area contributed by atoms with E-state index in [9.17, 15) is 0 Å². The molecule has 1 nitrogen and oxygen atoms in total. The summed E-state index contributed by atoms with van der Waals surface area (Å²) >= 11 is -0.0252. The van der Waals surface area contributed by atoms with E-state index in [0.29, 0.717) is 0 Å². The maximum Gasteiger partial charge on any atom is 0.0556 e. The van der Waals surface area contributed by atoms with E-state index in [0.717, 1.165) is 12.1 Å². The van der Waals surface area contributed by atoms with Gasteiger partial charge in [-0.1, -0.05) is 32.2 Å². The van der Waals surface area contributed by atoms with Crippen LogP contribution in [-0.4, -0.2) is 10.4 Å². The van der Waals surface area contributed by atoms with E-state index in [1.54, 1.807) is 0 Å². The van der Waals surface area contributed by atoms with Crippen LogP contribution >= 0.6 is 20.7 Å². The molecule has 0 aromatic rings. The third-order valence-corrected chi connectivity index (χ3v) is 1.95. The minimum Gasteiger partial charge on any atom is -0.211 e. The highest BCUT2D eigenvalue weighted by Crippen LogP contribution is 2.06. The molecule has 0 amide bonds. The van der Waals surface area contributed by atoms with E-state index in [-0.39, 0.29) is 20.7 Å². The van der Waals surface area contributed by atoms with Crippen LogP contribution in [0.15, 0.2) is 21.4 Å². The highest BCUT2D eigenvalue weighted by molar-refractivity contribution is 14.2. The molecule has 0 aromatic carbocycles. The molecule has 0 saturated carbocycles. The molecule has 0 saturated heterocycles. The summed E-state index contributed by atoms with van der Waals surface area (Å²) in [6.07, 6.45) is 0.956. The Labute approximate surface area is 65.9 Å². The lowest BCUT2D eigenvalue weighted by Gasteiger charge is -1.87. The molecule has 0 rings (SSSR count). The molecule has 50 valence electrons. The maximum atomic E-state index is 3.92. The minimum atomic E-state index is -0.0252. The first-order valence-electron chi connectivity index (χ1n) is 2.64. The molecule has 0 bridgehead atoms. The van der Waals surface area contributed by atoms with Crippen molar-refractivity contribution in [2.75, 3.05) is 0 Å². The Balaban J connectivity index is 4.13. The third kappa shape index (κ3) is 4.30. The highest BCUT2D eigenvalue weighted by Gasteiger charge is 1.82. The molecule has 0 spiro atoms. The molecule has 9 heavy (non-hydrogen) atoms. The zero-order chi connectivity index (χ0) is 7.11. The SMILES string of the molecule is C=C=N/C(=C\I=C)CC. The van der Waals surface area contributed by atoms with Gasteiger partial charge < -0.3 is 0 Å². The number of nitrogens with zero attached hydrogens (tertiary/aromatic N) is 1. The minimum absolute atomic E-state index is 0.0252. The standard InChI is InChI=1S/C7H10IN/c1-4-7(6-8-3)9-5-2/h6H,2-4H2,1H3/b7-6-. The van der Waals surface area contributed by atoms with Crippen LogP contribution in [0.5, 0.6) is 0 Å². The maximum absolute atomic E-state index is 3.92. The largest absolute Gasteiger partial charge is 0.211 e. The lowest BCUT2D eigenvalue weighted by Crippen LogP contribution is -1.68. The third-order valence-electron chi connectivity index (χ3n) is 0.788. The number of aliphatic imine (C=N–C) groups is 1. The van der Waals surface area contributed by atoms with Crippen LogP contribution in [0.2, 0.25) is 0 Å². The van der Waals surface area contributed by atoms with Gasteiger partial charge in [-0.05, 0) is 23.0 Å². The molecular formula is C7H10IN. The van der Waals surface area contributed by atoms with Crippen molar-refractivity contribution in [3.8, 4) is 0 Å². The fraction of sp³-hybridized carbons (Fsp3) is 0.286. The quantitative estimate of drug-likeness (QED) is 0.526. The molecule has 0 radical (unpaired) electrons. The van der Waals surface area contributed by atoms with Crippen molar-refractivity contribution in [1.82, 2.24) is 0 Å². The Kier molecular flexibility index (Phi) is 5.78. The predicted molar refractivity (Wildman–Crippen MR) is 52.6 cm³/mol. The molecule has 0 aromatic heterocycles. The molecule has 0 heterocycles. The molecule has 0 atom stereocenters. The Hall–Kier alpha value is -0.210. The summed E-state index contributed by atoms with van der Waals surface area (Å²) in [6, 6.07) is 0. The zero-order valence-corrected chi connectivity index (χ0v) is 7.68. The van der Waals surface area contributed by atoms with Crippen molar-refractivity contribution in [3.05, 3.63) is 16.4 Å². The molecule has 0 aliphatic heterocycles. The van der Waals surface area contributed by atoms with Crippen LogP contribution in [0.25, 0.3) is 0 Å². The van der Waals surface area contributed by atoms with Crippen LogP contribution in [0.3, 0.4) is 0 Å². The Morgan fingerprint density at radius 3 is 2.89 bits per heavy atom. The normalized spacial score (nSPS) is 10.6. The lowest BCUT2D eigenvalue weighted by molar-refractivity contribution is 1.08. The molecule has 0 N–H and O–H groups in total. The van der Waals surface area contributed by atoms with Gasteiger partial charge in [0.1, 0.15) is 0 Å². The van der Waals surface area contributed by atoms with Crippen molar-refractivity contribution >= 4 is 31.1 Å². The van der Waals surface area contributed by atoms with Crippen molar-refractivity contribution in [2.24, 2.45) is 4.99 Å². The van der Waals surface area contributed by atoms with Gasteiger partial charge >= 0.3 is 0 Å². The van der Waals surface area contributed by atoms with E-state index in [1.807, 2.05) is 0 Å². The number of halogens is 1. The van der Waals surface area contributed by atoms with Gasteiger partial charge in [0.05, 0.1) is 5.70 Å². The van der Waals surface area contributed by atoms with Crippen molar-refractivity contribution < 1.29 is 0 Å². The monoisotopic (exact) mass is 235 g/mol. The molecule has 0 fully saturated rings. The second-order valence-corrected chi connectivity index (χ2v) is 2.88. The summed E-state index contributed by atoms with van der Waals surface area (Å²) in [7, 11) is 0. The summed E-state index contributed by atoms with van der Waals surface area (Å²) in [5, 5.41) is 0. The second kappa shape index (κ2) is 5.92. The lowest BCUT2D eigenvalue weighted by atomic mass is 10.4. The van der Waals surface area contributed by atoms with Gasteiger partial charge in [-0.15, -0.1) is 0 Å². The van der Waals surface area contributed by atoms with E-state index in [1.165, 1.54) is 0 Å². The van der Waals surface area contributed by atoms with Crippen molar-refractivity contribution in [2.45, 2.75) is 13.3 Å². The van der Waals surface area contributed by atoms with Crippen molar-refractivity contribution in [1.29, 1.82) is 0 Å². The van der Waals surface area contributed by atoms with E-state index >= 15 is 0 Å². The van der Waals surface area contributed by atoms with Gasteiger partial charge in [-0.3, -0.25) is 0 Å². The van der Waals surface area contributed by atoms with E-state index in [2.05, 4.69) is 33.0 Å². The average molecular weight is 235 g/mol. The fourth-order valence-electron chi connectivity index (χ4n) is 0.371. The smallest absolute Gasteiger partial charge is 0.0556 e. The predicted octanol–water partition coefficient (Wildman–Crippen LogP) is 2.50. The molecular weight excluding hydrogens is 225 g/mol. The van der Waals surface area contributed by atoms with Crippen LogP contribution in [0, 0.1) is 0 Å². The summed E-state index contributed by atoms with van der Waals surface area (Å²) < 4.78 is 5.86. The first kappa shape index (κ1) is 8.79. The summed E-state index contributed by atoms with van der Waals surface area (Å²) in [4.78, 5) is 3.92. The van der Waals surface area contributed by atoms with Gasteiger partial charge in [0.25, 0.3) is 0 Å². The number of allylic oxidation sites excluding steroid dienone is 1. The average Bonchev–Trinajstić information content (AvgIpc) is 1.88. The number of hydrogen-bond donors (Lipinski definition) is 0. The summed E-state index contributed by atoms with van der Waals surface area (Å²) in [5.41, 5.74) is 1.06. The first-order chi connectivity index (χ1) is 4.35. The number of rotatable bonds is 3. The van der Waals surface area contributed by atoms with Crippen LogP contribution in [-0.2, 0) is 0 Å². The Morgan fingerprint density at radius 2 is 2.56 bits per heavy atom. The van der Waals surface area contributed by atoms with E-state index in [4.69, 9.17) is 0 Å². The van der Waals surface area contributed by atoms with Crippen LogP contribution in [0.1, 0.15) is 13.3 Å². The summed E-state index contributed by atoms with van der Waals surface area (Å²) in [5.74, 6) is 2.50. The number of hydrogen-bond acceptors (Lipinski definition) is 1. The Morgan fingerprint density at radius 1 is 1.89 bits per heavy atom. The highest BCUT2D eigenvalue weighted by atomic mass is 127. The second-order valence-electron chi connectivity index (χ2n) is 1.38. The molecule has 2 heteroatoms. The van der Waals surface area contributed by atoms with Gasteiger partial charge in [0.15, 0.2) is 0 Å². The first-order valence-corrected chi connectivity index (χ1v) is 5.41. The van der Waals surface area contributed by atoms with Gasteiger partial charge in [0, 0.05) is 0 Å². The molecule has 0 aliphatic carbocycles. The zero-order valence-electron chi connectivity index (χ0n) is 5.52. The topological polar surface area (TPSA) is 12.4 Å². The van der Waals surface area contributed by atoms with Crippen LogP contribution in [0.4, 0.5) is 0 Å². The van der Waals surface area contributed by atoms with Crippen LogP contribution < -0.4 is 0 Å². The van der Waals surface area contributed by atoms with Crippen molar-refractivity contribution in [3.63, 3.8) is 0 Å². The fourth-order valence-corrected chi connectivity index (χ4v) is 1.46. The molecule has 0 aliphatic rings.